The zero-order valence-electron chi connectivity index (χ0n) is 8.65. The molecule has 96 valence electrons. The summed E-state index contributed by atoms with van der Waals surface area (Å²) in [6.45, 7) is 0. The molecule has 0 aliphatic heterocycles. The minimum atomic E-state index is -4.57. The number of fused-ring (bicyclic) bond motifs is 1. The van der Waals surface area contributed by atoms with Gasteiger partial charge in [-0.05, 0) is 18.2 Å². The van der Waals surface area contributed by atoms with Crippen LogP contribution in [0.15, 0.2) is 18.2 Å². The topological polar surface area (TPSA) is 50.9 Å². The molecule has 3 nitrogen and oxygen atoms in total. The fourth-order valence-corrected chi connectivity index (χ4v) is 2.13. The van der Waals surface area contributed by atoms with Crippen LogP contribution >= 0.6 is 23.2 Å². The van der Waals surface area contributed by atoms with Gasteiger partial charge in [0.1, 0.15) is 5.69 Å². The molecule has 1 aromatic heterocycles. The van der Waals surface area contributed by atoms with Crippen molar-refractivity contribution in [2.24, 2.45) is 5.84 Å². The lowest BCUT2D eigenvalue weighted by molar-refractivity contribution is -0.140. The minimum absolute atomic E-state index is 0.0234. The quantitative estimate of drug-likeness (QED) is 0.621. The Morgan fingerprint density at radius 3 is 2.39 bits per heavy atom. The third-order valence-electron chi connectivity index (χ3n) is 2.27. The van der Waals surface area contributed by atoms with E-state index in [0.29, 0.717) is 0 Å². The molecular weight excluding hydrogens is 290 g/mol. The smallest absolute Gasteiger partial charge is 0.323 e. The maximum Gasteiger partial charge on any atom is 0.433 e. The number of rotatable bonds is 1. The molecule has 0 fully saturated rings. The zero-order chi connectivity index (χ0) is 13.5. The number of pyridine rings is 1. The Morgan fingerprint density at radius 2 is 1.83 bits per heavy atom. The lowest BCUT2D eigenvalue weighted by Crippen LogP contribution is -2.13. The Balaban J connectivity index is 2.84. The van der Waals surface area contributed by atoms with Gasteiger partial charge in [-0.25, -0.2) is 4.98 Å². The molecule has 0 unspecified atom stereocenters. The van der Waals surface area contributed by atoms with Crippen LogP contribution in [0.4, 0.5) is 18.9 Å². The average molecular weight is 296 g/mol. The summed E-state index contributed by atoms with van der Waals surface area (Å²) < 4.78 is 37.9. The molecular formula is C10H6Cl2F3N3. The van der Waals surface area contributed by atoms with E-state index in [0.717, 1.165) is 6.07 Å². The Bertz CT molecular complexity index is 613. The number of nitrogen functional groups attached to an aromatic ring is 1. The van der Waals surface area contributed by atoms with Crippen LogP contribution in [0.2, 0.25) is 10.0 Å². The molecule has 0 aliphatic rings. The number of hydrazine groups is 1. The first kappa shape index (κ1) is 13.2. The normalized spacial score (nSPS) is 11.9. The number of anilines is 1. The van der Waals surface area contributed by atoms with Crippen molar-refractivity contribution in [2.75, 3.05) is 5.43 Å². The first-order valence-corrected chi connectivity index (χ1v) is 5.42. The van der Waals surface area contributed by atoms with Crippen molar-refractivity contribution < 1.29 is 13.2 Å². The maximum absolute atomic E-state index is 12.6. The van der Waals surface area contributed by atoms with Crippen LogP contribution in [-0.4, -0.2) is 4.98 Å². The summed E-state index contributed by atoms with van der Waals surface area (Å²) in [5.41, 5.74) is 1.17. The molecule has 0 bridgehead atoms. The molecule has 2 aromatic rings. The summed E-state index contributed by atoms with van der Waals surface area (Å²) in [5, 5.41) is 0.658. The Kier molecular flexibility index (Phi) is 3.27. The van der Waals surface area contributed by atoms with Crippen LogP contribution < -0.4 is 11.3 Å². The van der Waals surface area contributed by atoms with E-state index >= 15 is 0 Å². The van der Waals surface area contributed by atoms with Crippen molar-refractivity contribution in [3.8, 4) is 0 Å². The van der Waals surface area contributed by atoms with Crippen LogP contribution in [0.1, 0.15) is 5.69 Å². The van der Waals surface area contributed by atoms with Gasteiger partial charge in [0.05, 0.1) is 16.2 Å². The number of hydrogen-bond donors (Lipinski definition) is 2. The summed E-state index contributed by atoms with van der Waals surface area (Å²) in [4.78, 5) is 3.49. The van der Waals surface area contributed by atoms with Gasteiger partial charge in [-0.2, -0.15) is 13.2 Å². The predicted molar refractivity (Wildman–Crippen MR) is 64.6 cm³/mol. The third-order valence-corrected chi connectivity index (χ3v) is 2.79. The molecule has 0 spiro atoms. The van der Waals surface area contributed by atoms with Gasteiger partial charge in [0.25, 0.3) is 0 Å². The van der Waals surface area contributed by atoms with E-state index in [2.05, 4.69) is 10.4 Å². The van der Waals surface area contributed by atoms with Crippen LogP contribution in [0.3, 0.4) is 0 Å². The molecule has 0 saturated carbocycles. The number of benzene rings is 1. The van der Waals surface area contributed by atoms with E-state index in [4.69, 9.17) is 29.0 Å². The summed E-state index contributed by atoms with van der Waals surface area (Å²) in [7, 11) is 0. The molecule has 8 heteroatoms. The second-order valence-corrected chi connectivity index (χ2v) is 4.32. The second kappa shape index (κ2) is 4.46. The number of hydrogen-bond acceptors (Lipinski definition) is 3. The molecule has 1 aromatic carbocycles. The van der Waals surface area contributed by atoms with Crippen molar-refractivity contribution in [3.63, 3.8) is 0 Å². The maximum atomic E-state index is 12.6. The highest BCUT2D eigenvalue weighted by Crippen LogP contribution is 2.36. The van der Waals surface area contributed by atoms with Crippen LogP contribution in [0.25, 0.3) is 10.9 Å². The standard InChI is InChI=1S/C10H6Cl2F3N3/c11-4-1-5(12)9-6(2-4)17-8(10(13,14)15)3-7(9)18-16/h1-3H,16H2,(H,17,18). The highest BCUT2D eigenvalue weighted by atomic mass is 35.5. The van der Waals surface area contributed by atoms with E-state index in [9.17, 15) is 13.2 Å². The molecule has 0 atom stereocenters. The van der Waals surface area contributed by atoms with E-state index in [1.165, 1.54) is 12.1 Å². The first-order chi connectivity index (χ1) is 8.32. The van der Waals surface area contributed by atoms with Crippen LogP contribution in [0.5, 0.6) is 0 Å². The van der Waals surface area contributed by atoms with Crippen molar-refractivity contribution in [2.45, 2.75) is 6.18 Å². The van der Waals surface area contributed by atoms with Gasteiger partial charge in [0, 0.05) is 10.4 Å². The van der Waals surface area contributed by atoms with Gasteiger partial charge in [0.2, 0.25) is 0 Å². The van der Waals surface area contributed by atoms with Crippen molar-refractivity contribution in [1.29, 1.82) is 0 Å². The monoisotopic (exact) mass is 295 g/mol. The van der Waals surface area contributed by atoms with Gasteiger partial charge < -0.3 is 5.43 Å². The zero-order valence-corrected chi connectivity index (χ0v) is 10.2. The number of nitrogens with one attached hydrogen (secondary N) is 1. The Morgan fingerprint density at radius 1 is 1.17 bits per heavy atom. The Hall–Kier alpha value is -1.24. The second-order valence-electron chi connectivity index (χ2n) is 3.48. The van der Waals surface area contributed by atoms with Gasteiger partial charge >= 0.3 is 6.18 Å². The molecule has 0 aliphatic carbocycles. The van der Waals surface area contributed by atoms with Crippen LogP contribution in [-0.2, 0) is 6.18 Å². The van der Waals surface area contributed by atoms with Crippen LogP contribution in [0, 0.1) is 0 Å². The summed E-state index contributed by atoms with van der Waals surface area (Å²) in [6.07, 6.45) is -4.57. The lowest BCUT2D eigenvalue weighted by atomic mass is 10.1. The fourth-order valence-electron chi connectivity index (χ4n) is 1.54. The number of aromatic nitrogens is 1. The molecule has 0 saturated heterocycles. The number of nitrogens with zero attached hydrogens (tertiary/aromatic N) is 1. The number of alkyl halides is 3. The van der Waals surface area contributed by atoms with Gasteiger partial charge in [-0.15, -0.1) is 0 Å². The largest absolute Gasteiger partial charge is 0.433 e. The molecule has 1 heterocycles. The number of nitrogens with two attached hydrogens (primary N) is 1. The van der Waals surface area contributed by atoms with Crippen molar-refractivity contribution in [3.05, 3.63) is 33.9 Å². The van der Waals surface area contributed by atoms with Gasteiger partial charge in [-0.3, -0.25) is 5.84 Å². The van der Waals surface area contributed by atoms with Crippen molar-refractivity contribution in [1.82, 2.24) is 4.98 Å². The molecule has 0 amide bonds. The average Bonchev–Trinajstić information content (AvgIpc) is 2.25. The SMILES string of the molecule is NNc1cc(C(F)(F)F)nc2cc(Cl)cc(Cl)c12. The van der Waals surface area contributed by atoms with Crippen molar-refractivity contribution >= 4 is 39.8 Å². The van der Waals surface area contributed by atoms with Gasteiger partial charge in [-0.1, -0.05) is 23.2 Å². The number of halogens is 5. The summed E-state index contributed by atoms with van der Waals surface area (Å²) >= 11 is 11.6. The molecule has 3 N–H and O–H groups in total. The first-order valence-electron chi connectivity index (χ1n) is 4.66. The summed E-state index contributed by atoms with van der Waals surface area (Å²) in [5.74, 6) is 5.20. The Labute approximate surface area is 110 Å². The highest BCUT2D eigenvalue weighted by molar-refractivity contribution is 6.39. The molecule has 18 heavy (non-hydrogen) atoms. The predicted octanol–water partition coefficient (Wildman–Crippen LogP) is 3.85. The highest BCUT2D eigenvalue weighted by Gasteiger charge is 2.33. The lowest BCUT2D eigenvalue weighted by Gasteiger charge is -2.12. The van der Waals surface area contributed by atoms with E-state index in [-0.39, 0.29) is 26.6 Å². The van der Waals surface area contributed by atoms with Gasteiger partial charge in [0.15, 0.2) is 0 Å². The molecule has 0 radical (unpaired) electrons. The van der Waals surface area contributed by atoms with E-state index in [1.807, 2.05) is 0 Å². The fraction of sp³-hybridized carbons (Fsp3) is 0.100. The van der Waals surface area contributed by atoms with E-state index < -0.39 is 11.9 Å². The summed E-state index contributed by atoms with van der Waals surface area (Å²) in [6, 6.07) is 3.49. The van der Waals surface area contributed by atoms with E-state index in [1.54, 1.807) is 0 Å². The third kappa shape index (κ3) is 2.31. The molecule has 2 rings (SSSR count). The minimum Gasteiger partial charge on any atom is -0.323 e.